The number of fused-ring (bicyclic) bond motifs is 2. The predicted molar refractivity (Wildman–Crippen MR) is 83.2 cm³/mol. The Morgan fingerprint density at radius 3 is 2.40 bits per heavy atom. The SMILES string of the molecule is CCCC(CCC)CCCS(=O)(=O)N1CC2CC1CN2. The molecule has 2 atom stereocenters. The molecular formula is C15H30N2O2S. The monoisotopic (exact) mass is 302 g/mol. The first-order chi connectivity index (χ1) is 9.56. The minimum absolute atomic E-state index is 0.229. The van der Waals surface area contributed by atoms with Gasteiger partial charge in [0.15, 0.2) is 0 Å². The van der Waals surface area contributed by atoms with Gasteiger partial charge in [-0.1, -0.05) is 39.5 Å². The number of hydrogen-bond acceptors (Lipinski definition) is 3. The van der Waals surface area contributed by atoms with E-state index in [0.717, 1.165) is 31.7 Å². The van der Waals surface area contributed by atoms with Gasteiger partial charge < -0.3 is 5.32 Å². The highest BCUT2D eigenvalue weighted by atomic mass is 32.2. The molecule has 2 unspecified atom stereocenters. The van der Waals surface area contributed by atoms with E-state index >= 15 is 0 Å². The van der Waals surface area contributed by atoms with Gasteiger partial charge in [-0.2, -0.15) is 4.31 Å². The van der Waals surface area contributed by atoms with E-state index in [9.17, 15) is 8.42 Å². The van der Waals surface area contributed by atoms with Gasteiger partial charge in [0, 0.05) is 25.2 Å². The number of rotatable bonds is 9. The van der Waals surface area contributed by atoms with Crippen molar-refractivity contribution in [2.45, 2.75) is 70.9 Å². The third-order valence-electron chi connectivity index (χ3n) is 4.77. The van der Waals surface area contributed by atoms with Gasteiger partial charge in [0.2, 0.25) is 10.0 Å². The fraction of sp³-hybridized carbons (Fsp3) is 1.00. The summed E-state index contributed by atoms with van der Waals surface area (Å²) in [4.78, 5) is 0. The minimum atomic E-state index is -3.02. The lowest BCUT2D eigenvalue weighted by Gasteiger charge is -2.27. The third kappa shape index (κ3) is 3.95. The average Bonchev–Trinajstić information content (AvgIpc) is 3.01. The normalized spacial score (nSPS) is 26.8. The number of piperazine rings is 1. The summed E-state index contributed by atoms with van der Waals surface area (Å²) in [5, 5.41) is 3.36. The molecule has 0 saturated carbocycles. The van der Waals surface area contributed by atoms with Crippen LogP contribution in [0.1, 0.15) is 58.8 Å². The van der Waals surface area contributed by atoms with Crippen LogP contribution in [0.2, 0.25) is 0 Å². The summed E-state index contributed by atoms with van der Waals surface area (Å²) in [7, 11) is -3.02. The molecular weight excluding hydrogens is 272 g/mol. The van der Waals surface area contributed by atoms with E-state index in [0.29, 0.717) is 18.3 Å². The van der Waals surface area contributed by atoms with Gasteiger partial charge in [0.05, 0.1) is 5.75 Å². The third-order valence-corrected chi connectivity index (χ3v) is 6.74. The fourth-order valence-corrected chi connectivity index (χ4v) is 5.57. The molecule has 2 heterocycles. The lowest BCUT2D eigenvalue weighted by atomic mass is 9.94. The summed E-state index contributed by atoms with van der Waals surface area (Å²) < 4.78 is 26.6. The molecule has 0 spiro atoms. The van der Waals surface area contributed by atoms with Crippen molar-refractivity contribution in [2.75, 3.05) is 18.8 Å². The molecule has 2 saturated heterocycles. The summed E-state index contributed by atoms with van der Waals surface area (Å²) in [6.07, 6.45) is 7.80. The highest BCUT2D eigenvalue weighted by molar-refractivity contribution is 7.89. The van der Waals surface area contributed by atoms with Crippen LogP contribution in [0.5, 0.6) is 0 Å². The summed E-state index contributed by atoms with van der Waals surface area (Å²) in [6, 6.07) is 0.634. The summed E-state index contributed by atoms with van der Waals surface area (Å²) >= 11 is 0. The van der Waals surface area contributed by atoms with Gasteiger partial charge in [0.1, 0.15) is 0 Å². The Morgan fingerprint density at radius 1 is 1.20 bits per heavy atom. The Balaban J connectivity index is 1.77. The second-order valence-electron chi connectivity index (χ2n) is 6.47. The smallest absolute Gasteiger partial charge is 0.214 e. The summed E-state index contributed by atoms with van der Waals surface area (Å²) in [5.74, 6) is 1.07. The van der Waals surface area contributed by atoms with E-state index in [1.54, 1.807) is 4.31 Å². The molecule has 2 rings (SSSR count). The van der Waals surface area contributed by atoms with Crippen LogP contribution in [0.25, 0.3) is 0 Å². The molecule has 0 radical (unpaired) electrons. The van der Waals surface area contributed by atoms with Crippen LogP contribution in [0.4, 0.5) is 0 Å². The molecule has 118 valence electrons. The lowest BCUT2D eigenvalue weighted by Crippen LogP contribution is -2.47. The van der Waals surface area contributed by atoms with Crippen LogP contribution in [0, 0.1) is 5.92 Å². The zero-order chi connectivity index (χ0) is 14.6. The van der Waals surface area contributed by atoms with E-state index in [1.807, 2.05) is 0 Å². The van der Waals surface area contributed by atoms with Gasteiger partial charge in [-0.15, -0.1) is 0 Å². The van der Waals surface area contributed by atoms with Crippen molar-refractivity contribution in [2.24, 2.45) is 5.92 Å². The standard InChI is InChI=1S/C15H30N2O2S/c1-3-6-13(7-4-2)8-5-9-20(18,19)17-12-14-10-15(17)11-16-14/h13-16H,3-12H2,1-2H3. The quantitative estimate of drug-likeness (QED) is 0.711. The first kappa shape index (κ1) is 16.2. The van der Waals surface area contributed by atoms with E-state index in [4.69, 9.17) is 0 Å². The maximum absolute atomic E-state index is 12.4. The maximum atomic E-state index is 12.4. The van der Waals surface area contributed by atoms with Crippen LogP contribution in [-0.4, -0.2) is 43.6 Å². The molecule has 0 aromatic heterocycles. The highest BCUT2D eigenvalue weighted by Gasteiger charge is 2.43. The Morgan fingerprint density at radius 2 is 1.90 bits per heavy atom. The van der Waals surface area contributed by atoms with Crippen molar-refractivity contribution in [3.8, 4) is 0 Å². The zero-order valence-electron chi connectivity index (χ0n) is 13.0. The van der Waals surface area contributed by atoms with Crippen molar-refractivity contribution >= 4 is 10.0 Å². The maximum Gasteiger partial charge on any atom is 0.214 e. The van der Waals surface area contributed by atoms with Crippen LogP contribution >= 0.6 is 0 Å². The molecule has 2 fully saturated rings. The molecule has 5 heteroatoms. The number of nitrogens with zero attached hydrogens (tertiary/aromatic N) is 1. The number of sulfonamides is 1. The Kier molecular flexibility index (Phi) is 5.87. The second-order valence-corrected chi connectivity index (χ2v) is 8.51. The molecule has 2 aliphatic heterocycles. The van der Waals surface area contributed by atoms with E-state index < -0.39 is 10.0 Å². The van der Waals surface area contributed by atoms with E-state index in [2.05, 4.69) is 19.2 Å². The van der Waals surface area contributed by atoms with Crippen molar-refractivity contribution in [1.82, 2.24) is 9.62 Å². The van der Waals surface area contributed by atoms with Crippen LogP contribution in [0.3, 0.4) is 0 Å². The topological polar surface area (TPSA) is 49.4 Å². The second kappa shape index (κ2) is 7.23. The van der Waals surface area contributed by atoms with Crippen molar-refractivity contribution in [1.29, 1.82) is 0 Å². The predicted octanol–water partition coefficient (Wildman–Crippen LogP) is 2.36. The van der Waals surface area contributed by atoms with Crippen LogP contribution < -0.4 is 5.32 Å². The van der Waals surface area contributed by atoms with Crippen molar-refractivity contribution in [3.05, 3.63) is 0 Å². The van der Waals surface area contributed by atoms with Crippen LogP contribution in [-0.2, 0) is 10.0 Å². The summed E-state index contributed by atoms with van der Waals surface area (Å²) in [6.45, 7) is 5.97. The minimum Gasteiger partial charge on any atom is -0.311 e. The Labute approximate surface area is 124 Å². The van der Waals surface area contributed by atoms with Crippen LogP contribution in [0.15, 0.2) is 0 Å². The van der Waals surface area contributed by atoms with Gasteiger partial charge >= 0.3 is 0 Å². The molecule has 0 aromatic carbocycles. The molecule has 2 aliphatic rings. The first-order valence-corrected chi connectivity index (χ1v) is 9.90. The molecule has 0 aliphatic carbocycles. The molecule has 2 bridgehead atoms. The lowest BCUT2D eigenvalue weighted by molar-refractivity contribution is 0.346. The van der Waals surface area contributed by atoms with E-state index in [1.165, 1.54) is 25.7 Å². The zero-order valence-corrected chi connectivity index (χ0v) is 13.8. The van der Waals surface area contributed by atoms with Crippen molar-refractivity contribution < 1.29 is 8.42 Å². The molecule has 20 heavy (non-hydrogen) atoms. The fourth-order valence-electron chi connectivity index (χ4n) is 3.78. The van der Waals surface area contributed by atoms with Gasteiger partial charge in [-0.25, -0.2) is 8.42 Å². The van der Waals surface area contributed by atoms with Crippen molar-refractivity contribution in [3.63, 3.8) is 0 Å². The molecule has 1 N–H and O–H groups in total. The molecule has 4 nitrogen and oxygen atoms in total. The molecule has 0 aromatic rings. The number of nitrogens with one attached hydrogen (secondary N) is 1. The van der Waals surface area contributed by atoms with Gasteiger partial charge in [-0.3, -0.25) is 0 Å². The Bertz CT molecular complexity index is 391. The Hall–Kier alpha value is -0.130. The highest BCUT2D eigenvalue weighted by Crippen LogP contribution is 2.27. The summed E-state index contributed by atoms with van der Waals surface area (Å²) in [5.41, 5.74) is 0. The van der Waals surface area contributed by atoms with Gasteiger partial charge in [0.25, 0.3) is 0 Å². The number of hydrogen-bond donors (Lipinski definition) is 1. The first-order valence-electron chi connectivity index (χ1n) is 8.29. The van der Waals surface area contributed by atoms with Gasteiger partial charge in [-0.05, 0) is 25.2 Å². The average molecular weight is 302 g/mol. The largest absolute Gasteiger partial charge is 0.311 e. The van der Waals surface area contributed by atoms with E-state index in [-0.39, 0.29) is 6.04 Å². The molecule has 0 amide bonds.